The van der Waals surface area contributed by atoms with Gasteiger partial charge in [-0.1, -0.05) is 30.7 Å². The number of carbonyl (C=O) groups excluding carboxylic acids is 1. The Labute approximate surface area is 93.0 Å². The van der Waals surface area contributed by atoms with Crippen LogP contribution in [0, 0.1) is 0 Å². The quantitative estimate of drug-likeness (QED) is 0.193. The van der Waals surface area contributed by atoms with Crippen molar-refractivity contribution in [1.29, 1.82) is 0 Å². The van der Waals surface area contributed by atoms with Gasteiger partial charge in [0.2, 0.25) is 0 Å². The van der Waals surface area contributed by atoms with Crippen molar-refractivity contribution in [2.24, 2.45) is 5.11 Å². The highest BCUT2D eigenvalue weighted by Crippen LogP contribution is 2.27. The topological polar surface area (TPSA) is 75.1 Å². The average Bonchev–Trinajstić information content (AvgIpc) is 2.31. The first-order valence-electron chi connectivity index (χ1n) is 4.73. The van der Waals surface area contributed by atoms with Crippen molar-refractivity contribution in [3.8, 4) is 5.75 Å². The van der Waals surface area contributed by atoms with E-state index in [9.17, 15) is 4.79 Å². The summed E-state index contributed by atoms with van der Waals surface area (Å²) in [6, 6.07) is 6.51. The van der Waals surface area contributed by atoms with Crippen molar-refractivity contribution < 1.29 is 9.53 Å². The molecule has 0 heterocycles. The summed E-state index contributed by atoms with van der Waals surface area (Å²) in [6.45, 7) is 5.38. The van der Waals surface area contributed by atoms with E-state index >= 15 is 0 Å². The molecule has 5 heteroatoms. The molecule has 0 saturated carbocycles. The highest BCUT2D eigenvalue weighted by molar-refractivity contribution is 5.90. The van der Waals surface area contributed by atoms with Gasteiger partial charge in [0.1, 0.15) is 5.75 Å². The van der Waals surface area contributed by atoms with Crippen LogP contribution >= 0.6 is 0 Å². The fourth-order valence-electron chi connectivity index (χ4n) is 0.991. The molecule has 0 unspecified atom stereocenters. The van der Waals surface area contributed by atoms with Gasteiger partial charge in [-0.3, -0.25) is 0 Å². The molecule has 0 aliphatic rings. The Morgan fingerprint density at radius 1 is 1.56 bits per heavy atom. The van der Waals surface area contributed by atoms with Crippen LogP contribution in [-0.4, -0.2) is 5.97 Å². The molecule has 16 heavy (non-hydrogen) atoms. The zero-order valence-electron chi connectivity index (χ0n) is 8.88. The highest BCUT2D eigenvalue weighted by atomic mass is 16.5. The first-order chi connectivity index (χ1) is 7.69. The molecule has 1 aromatic rings. The van der Waals surface area contributed by atoms with Crippen LogP contribution in [0.25, 0.3) is 10.4 Å². The van der Waals surface area contributed by atoms with Gasteiger partial charge < -0.3 is 4.74 Å². The fourth-order valence-corrected chi connectivity index (χ4v) is 0.991. The monoisotopic (exact) mass is 217 g/mol. The molecule has 0 amide bonds. The lowest BCUT2D eigenvalue weighted by molar-refractivity contribution is -0.130. The third-order valence-electron chi connectivity index (χ3n) is 1.94. The standard InChI is InChI=1S/C11H11N3O2/c1-3-8(2)11(15)16-10-7-5-4-6-9(10)13-14-12/h4-7H,2-3H2,1H3. The van der Waals surface area contributed by atoms with Gasteiger partial charge in [-0.05, 0) is 24.1 Å². The van der Waals surface area contributed by atoms with E-state index in [-0.39, 0.29) is 11.4 Å². The molecule has 1 rings (SSSR count). The van der Waals surface area contributed by atoms with E-state index in [4.69, 9.17) is 10.3 Å². The van der Waals surface area contributed by atoms with Crippen LogP contribution in [0.3, 0.4) is 0 Å². The van der Waals surface area contributed by atoms with E-state index in [0.717, 1.165) is 0 Å². The zero-order chi connectivity index (χ0) is 12.0. The smallest absolute Gasteiger partial charge is 0.338 e. The number of benzene rings is 1. The van der Waals surface area contributed by atoms with E-state index in [1.54, 1.807) is 24.3 Å². The second-order valence-electron chi connectivity index (χ2n) is 3.00. The van der Waals surface area contributed by atoms with Gasteiger partial charge in [0, 0.05) is 10.5 Å². The molecular formula is C11H11N3O2. The zero-order valence-corrected chi connectivity index (χ0v) is 8.88. The second-order valence-corrected chi connectivity index (χ2v) is 3.00. The van der Waals surface area contributed by atoms with Crippen molar-refractivity contribution in [3.05, 3.63) is 46.9 Å². The number of hydrogen-bond acceptors (Lipinski definition) is 3. The molecule has 5 nitrogen and oxygen atoms in total. The first kappa shape index (κ1) is 11.8. The molecular weight excluding hydrogens is 206 g/mol. The van der Waals surface area contributed by atoms with Gasteiger partial charge in [-0.2, -0.15) is 0 Å². The third kappa shape index (κ3) is 2.87. The molecule has 82 valence electrons. The van der Waals surface area contributed by atoms with Crippen molar-refractivity contribution in [3.63, 3.8) is 0 Å². The molecule has 0 aliphatic carbocycles. The summed E-state index contributed by atoms with van der Waals surface area (Å²) >= 11 is 0. The molecule has 0 bridgehead atoms. The van der Waals surface area contributed by atoms with Crippen LogP contribution in [0.1, 0.15) is 13.3 Å². The first-order valence-corrected chi connectivity index (χ1v) is 4.73. The van der Waals surface area contributed by atoms with Crippen LogP contribution in [0.2, 0.25) is 0 Å². The van der Waals surface area contributed by atoms with Gasteiger partial charge in [-0.15, -0.1) is 0 Å². The van der Waals surface area contributed by atoms with Gasteiger partial charge in [0.15, 0.2) is 0 Å². The normalized spacial score (nSPS) is 9.06. The Morgan fingerprint density at radius 2 is 2.25 bits per heavy atom. The Morgan fingerprint density at radius 3 is 2.88 bits per heavy atom. The fraction of sp³-hybridized carbons (Fsp3) is 0.182. The number of azide groups is 1. The van der Waals surface area contributed by atoms with E-state index < -0.39 is 5.97 Å². The summed E-state index contributed by atoms with van der Waals surface area (Å²) in [6.07, 6.45) is 0.516. The van der Waals surface area contributed by atoms with E-state index in [0.29, 0.717) is 12.0 Å². The molecule has 0 fully saturated rings. The number of esters is 1. The largest absolute Gasteiger partial charge is 0.423 e. The van der Waals surface area contributed by atoms with Crippen molar-refractivity contribution in [2.75, 3.05) is 0 Å². The predicted molar refractivity (Wildman–Crippen MR) is 60.3 cm³/mol. The summed E-state index contributed by atoms with van der Waals surface area (Å²) in [4.78, 5) is 14.1. The van der Waals surface area contributed by atoms with Crippen LogP contribution < -0.4 is 4.74 Å². The lowest BCUT2D eigenvalue weighted by atomic mass is 10.2. The van der Waals surface area contributed by atoms with Gasteiger partial charge in [0.05, 0.1) is 5.69 Å². The lowest BCUT2D eigenvalue weighted by Gasteiger charge is -2.06. The maximum Gasteiger partial charge on any atom is 0.338 e. The Bertz CT molecular complexity index is 462. The molecule has 0 atom stereocenters. The van der Waals surface area contributed by atoms with Crippen LogP contribution in [0.15, 0.2) is 41.5 Å². The van der Waals surface area contributed by atoms with Gasteiger partial charge in [0.25, 0.3) is 0 Å². The van der Waals surface area contributed by atoms with Crippen molar-refractivity contribution in [1.82, 2.24) is 0 Å². The maximum atomic E-state index is 11.4. The van der Waals surface area contributed by atoms with Crippen LogP contribution in [-0.2, 0) is 4.79 Å². The van der Waals surface area contributed by atoms with Gasteiger partial charge in [-0.25, -0.2) is 4.79 Å². The SMILES string of the molecule is C=C(CC)C(=O)Oc1ccccc1N=[N+]=[N-]. The molecule has 0 saturated heterocycles. The number of carbonyl (C=O) groups is 1. The second kappa shape index (κ2) is 5.58. The Hall–Kier alpha value is -2.26. The number of para-hydroxylation sites is 1. The summed E-state index contributed by atoms with van der Waals surface area (Å²) in [5.41, 5.74) is 8.98. The summed E-state index contributed by atoms with van der Waals surface area (Å²) < 4.78 is 5.05. The summed E-state index contributed by atoms with van der Waals surface area (Å²) in [7, 11) is 0. The maximum absolute atomic E-state index is 11.4. The summed E-state index contributed by atoms with van der Waals surface area (Å²) in [5, 5.41) is 3.42. The molecule has 0 spiro atoms. The van der Waals surface area contributed by atoms with E-state index in [1.165, 1.54) is 0 Å². The third-order valence-corrected chi connectivity index (χ3v) is 1.94. The van der Waals surface area contributed by atoms with Crippen LogP contribution in [0.5, 0.6) is 5.75 Å². The molecule has 1 aromatic carbocycles. The number of nitrogens with zero attached hydrogens (tertiary/aromatic N) is 3. The molecule has 0 aromatic heterocycles. The van der Waals surface area contributed by atoms with Crippen molar-refractivity contribution in [2.45, 2.75) is 13.3 Å². The predicted octanol–water partition coefficient (Wildman–Crippen LogP) is 3.50. The van der Waals surface area contributed by atoms with Crippen LogP contribution in [0.4, 0.5) is 5.69 Å². The molecule has 0 aliphatic heterocycles. The van der Waals surface area contributed by atoms with E-state index in [2.05, 4.69) is 16.6 Å². The highest BCUT2D eigenvalue weighted by Gasteiger charge is 2.09. The molecule has 0 radical (unpaired) electrons. The Kier molecular flexibility index (Phi) is 4.12. The number of ether oxygens (including phenoxy) is 1. The average molecular weight is 217 g/mol. The van der Waals surface area contributed by atoms with Gasteiger partial charge >= 0.3 is 5.97 Å². The minimum absolute atomic E-state index is 0.236. The number of hydrogen-bond donors (Lipinski definition) is 0. The van der Waals surface area contributed by atoms with Crippen molar-refractivity contribution >= 4 is 11.7 Å². The minimum Gasteiger partial charge on any atom is -0.423 e. The minimum atomic E-state index is -0.511. The lowest BCUT2D eigenvalue weighted by Crippen LogP contribution is -2.09. The Balaban J connectivity index is 2.92. The van der Waals surface area contributed by atoms with E-state index in [1.807, 2.05) is 6.92 Å². The summed E-state index contributed by atoms with van der Waals surface area (Å²) in [5.74, 6) is -0.275. The number of rotatable bonds is 4. The molecule has 0 N–H and O–H groups in total.